The molecule has 108 valence electrons. The topological polar surface area (TPSA) is 0 Å². The maximum Gasteiger partial charge on any atom is 0.457 e. The van der Waals surface area contributed by atoms with Gasteiger partial charge in [0.25, 0.3) is 0 Å². The highest BCUT2D eigenvalue weighted by Gasteiger charge is 2.79. The summed E-state index contributed by atoms with van der Waals surface area (Å²) in [5.74, 6) is -17.1. The lowest BCUT2D eigenvalue weighted by Crippen LogP contribution is -2.62. The van der Waals surface area contributed by atoms with Crippen LogP contribution in [-0.4, -0.2) is 23.7 Å². The van der Waals surface area contributed by atoms with Crippen molar-refractivity contribution in [1.82, 2.24) is 0 Å². The predicted octanol–water partition coefficient (Wildman–Crippen LogP) is 4.63. The van der Waals surface area contributed by atoms with E-state index in [9.17, 15) is 48.3 Å². The van der Waals surface area contributed by atoms with Crippen molar-refractivity contribution in [2.75, 3.05) is 0 Å². The molecule has 0 fully saturated rings. The first-order valence-electron chi connectivity index (χ1n) is 3.83. The number of rotatable bonds is 3. The molecule has 0 N–H and O–H groups in total. The van der Waals surface area contributed by atoms with E-state index in [1.54, 1.807) is 0 Å². The Kier molecular flexibility index (Phi) is 4.02. The van der Waals surface area contributed by atoms with E-state index in [1.165, 1.54) is 0 Å². The molecule has 0 nitrogen and oxygen atoms in total. The molecule has 0 spiro atoms. The summed E-state index contributed by atoms with van der Waals surface area (Å²) >= 11 is 0. The van der Waals surface area contributed by atoms with E-state index >= 15 is 0 Å². The molecular formula is C7H3F11. The van der Waals surface area contributed by atoms with Gasteiger partial charge in [0.15, 0.2) is 0 Å². The van der Waals surface area contributed by atoms with Gasteiger partial charge in [-0.1, -0.05) is 0 Å². The van der Waals surface area contributed by atoms with E-state index in [0.29, 0.717) is 0 Å². The Balaban J connectivity index is 5.88. The van der Waals surface area contributed by atoms with Crippen LogP contribution in [0.5, 0.6) is 0 Å². The van der Waals surface area contributed by atoms with Gasteiger partial charge in [-0.3, -0.25) is 0 Å². The van der Waals surface area contributed by atoms with Crippen LogP contribution in [0.1, 0.15) is 6.92 Å². The van der Waals surface area contributed by atoms with Crippen LogP contribution in [0.2, 0.25) is 0 Å². The third kappa shape index (κ3) is 2.26. The molecule has 0 aromatic heterocycles. The van der Waals surface area contributed by atoms with Crippen molar-refractivity contribution in [1.29, 1.82) is 0 Å². The number of halogens is 11. The van der Waals surface area contributed by atoms with Crippen molar-refractivity contribution >= 4 is 0 Å². The van der Waals surface area contributed by atoms with Crippen molar-refractivity contribution in [2.45, 2.75) is 30.6 Å². The summed E-state index contributed by atoms with van der Waals surface area (Å²) in [7, 11) is 0. The second-order valence-electron chi connectivity index (χ2n) is 3.22. The summed E-state index contributed by atoms with van der Waals surface area (Å²) in [6, 6.07) is 0. The molecule has 0 aliphatic carbocycles. The molecule has 0 aliphatic rings. The van der Waals surface area contributed by atoms with Gasteiger partial charge in [-0.25, -0.2) is 4.39 Å². The molecule has 0 amide bonds. The standard InChI is InChI=1S/C7H3F11/c1-4(11,6(14,15)7(16,17)18)5(12,13)2(8)3(9)10/h1H3. The minimum Gasteiger partial charge on any atom is -0.230 e. The van der Waals surface area contributed by atoms with Gasteiger partial charge in [-0.15, -0.1) is 0 Å². The molecule has 0 rings (SSSR count). The number of alkyl halides is 8. The maximum absolute atomic E-state index is 12.9. The number of allylic oxidation sites excluding steroid dienone is 1. The molecule has 0 aliphatic heterocycles. The minimum atomic E-state index is -6.81. The van der Waals surface area contributed by atoms with Gasteiger partial charge < -0.3 is 0 Å². The fraction of sp³-hybridized carbons (Fsp3) is 0.714. The number of hydrogen-bond donors (Lipinski definition) is 0. The molecule has 0 radical (unpaired) electrons. The van der Waals surface area contributed by atoms with Crippen LogP contribution in [0.3, 0.4) is 0 Å². The zero-order valence-electron chi connectivity index (χ0n) is 8.16. The van der Waals surface area contributed by atoms with Crippen molar-refractivity contribution in [3.8, 4) is 0 Å². The molecule has 0 saturated carbocycles. The first kappa shape index (κ1) is 17.0. The lowest BCUT2D eigenvalue weighted by molar-refractivity contribution is -0.353. The minimum absolute atomic E-state index is 1.02. The Morgan fingerprint density at radius 1 is 0.722 bits per heavy atom. The van der Waals surface area contributed by atoms with Crippen LogP contribution >= 0.6 is 0 Å². The van der Waals surface area contributed by atoms with Gasteiger partial charge in [0.05, 0.1) is 0 Å². The van der Waals surface area contributed by atoms with E-state index in [-0.39, 0.29) is 0 Å². The molecule has 11 heteroatoms. The monoisotopic (exact) mass is 296 g/mol. The average molecular weight is 296 g/mol. The summed E-state index contributed by atoms with van der Waals surface area (Å²) in [4.78, 5) is 0. The summed E-state index contributed by atoms with van der Waals surface area (Å²) in [5, 5.41) is 0. The third-order valence-electron chi connectivity index (χ3n) is 1.98. The Bertz CT molecular complexity index is 343. The summed E-state index contributed by atoms with van der Waals surface area (Å²) < 4.78 is 133. The summed E-state index contributed by atoms with van der Waals surface area (Å²) in [6.45, 7) is -1.02. The van der Waals surface area contributed by atoms with Gasteiger partial charge in [0, 0.05) is 0 Å². The smallest absolute Gasteiger partial charge is 0.230 e. The van der Waals surface area contributed by atoms with Gasteiger partial charge in [-0.05, 0) is 6.92 Å². The van der Waals surface area contributed by atoms with Crippen molar-refractivity contribution in [3.05, 3.63) is 11.9 Å². The number of hydrogen-bond acceptors (Lipinski definition) is 0. The highest BCUT2D eigenvalue weighted by molar-refractivity contribution is 5.18. The zero-order chi connectivity index (χ0) is 15.2. The van der Waals surface area contributed by atoms with Crippen molar-refractivity contribution in [3.63, 3.8) is 0 Å². The first-order valence-corrected chi connectivity index (χ1v) is 3.83. The van der Waals surface area contributed by atoms with Crippen LogP contribution in [0.15, 0.2) is 11.9 Å². The lowest BCUT2D eigenvalue weighted by atomic mass is 9.91. The maximum atomic E-state index is 12.9. The second kappa shape index (κ2) is 4.26. The van der Waals surface area contributed by atoms with Gasteiger partial charge >= 0.3 is 24.1 Å². The fourth-order valence-corrected chi connectivity index (χ4v) is 0.788. The highest BCUT2D eigenvalue weighted by atomic mass is 19.4. The summed E-state index contributed by atoms with van der Waals surface area (Å²) in [5.41, 5.74) is -5.92. The second-order valence-corrected chi connectivity index (χ2v) is 3.22. The SMILES string of the molecule is CC(F)(C(F)(F)C(F)=C(F)F)C(F)(F)C(F)(F)F. The molecule has 0 aromatic rings. The zero-order valence-corrected chi connectivity index (χ0v) is 8.16. The molecule has 0 aromatic carbocycles. The van der Waals surface area contributed by atoms with E-state index in [2.05, 4.69) is 0 Å². The van der Waals surface area contributed by atoms with Crippen LogP contribution in [0.25, 0.3) is 0 Å². The van der Waals surface area contributed by atoms with E-state index in [1.807, 2.05) is 0 Å². The van der Waals surface area contributed by atoms with Crippen LogP contribution in [0, 0.1) is 0 Å². The van der Waals surface area contributed by atoms with Crippen LogP contribution in [-0.2, 0) is 0 Å². The average Bonchev–Trinajstić information content (AvgIpc) is 2.13. The van der Waals surface area contributed by atoms with Crippen molar-refractivity contribution in [2.24, 2.45) is 0 Å². The quantitative estimate of drug-likeness (QED) is 0.666. The lowest BCUT2D eigenvalue weighted by Gasteiger charge is -2.35. The molecule has 0 bridgehead atoms. The molecular weight excluding hydrogens is 293 g/mol. The van der Waals surface area contributed by atoms with Crippen LogP contribution in [0.4, 0.5) is 48.3 Å². The van der Waals surface area contributed by atoms with Gasteiger partial charge in [0.2, 0.25) is 11.5 Å². The highest BCUT2D eigenvalue weighted by Crippen LogP contribution is 2.54. The first-order chi connectivity index (χ1) is 7.60. The van der Waals surface area contributed by atoms with Crippen molar-refractivity contribution < 1.29 is 48.3 Å². The van der Waals surface area contributed by atoms with Gasteiger partial charge in [0.1, 0.15) is 0 Å². The Hall–Kier alpha value is -1.03. The van der Waals surface area contributed by atoms with E-state index in [4.69, 9.17) is 0 Å². The predicted molar refractivity (Wildman–Crippen MR) is 35.8 cm³/mol. The summed E-state index contributed by atoms with van der Waals surface area (Å²) in [6.07, 6.45) is -10.7. The molecule has 18 heavy (non-hydrogen) atoms. The third-order valence-corrected chi connectivity index (χ3v) is 1.98. The Morgan fingerprint density at radius 2 is 1.06 bits per heavy atom. The Labute approximate surface area is 92.1 Å². The van der Waals surface area contributed by atoms with Gasteiger partial charge in [-0.2, -0.15) is 43.9 Å². The molecule has 1 atom stereocenters. The fourth-order valence-electron chi connectivity index (χ4n) is 0.788. The Morgan fingerprint density at radius 3 is 1.28 bits per heavy atom. The van der Waals surface area contributed by atoms with E-state index in [0.717, 1.165) is 0 Å². The normalized spacial score (nSPS) is 17.3. The molecule has 0 saturated heterocycles. The van der Waals surface area contributed by atoms with Crippen LogP contribution < -0.4 is 0 Å². The molecule has 0 heterocycles. The largest absolute Gasteiger partial charge is 0.457 e. The van der Waals surface area contributed by atoms with E-state index < -0.39 is 42.5 Å². The molecule has 1 unspecified atom stereocenters.